The molecule has 45 heavy (non-hydrogen) atoms. The number of rotatable bonds is 3. The van der Waals surface area contributed by atoms with Gasteiger partial charge < -0.3 is 4.57 Å². The van der Waals surface area contributed by atoms with Crippen LogP contribution < -0.4 is 0 Å². The summed E-state index contributed by atoms with van der Waals surface area (Å²) in [6.45, 7) is 0. The fourth-order valence-electron chi connectivity index (χ4n) is 7.12. The van der Waals surface area contributed by atoms with Crippen LogP contribution in [0, 0.1) is 0 Å². The Bertz CT molecular complexity index is 2740. The summed E-state index contributed by atoms with van der Waals surface area (Å²) in [5.74, 6) is 0. The number of fused-ring (bicyclic) bond motifs is 10. The van der Waals surface area contributed by atoms with Gasteiger partial charge in [-0.2, -0.15) is 0 Å². The Morgan fingerprint density at radius 3 is 1.67 bits per heavy atom. The highest BCUT2D eigenvalue weighted by Crippen LogP contribution is 2.46. The first-order chi connectivity index (χ1) is 22.3. The average molecular weight is 608 g/mol. The normalized spacial score (nSPS) is 12.0. The van der Waals surface area contributed by atoms with E-state index in [0.717, 1.165) is 0 Å². The molecule has 1 nitrogen and oxygen atoms in total. The molecule has 10 aromatic rings. The minimum Gasteiger partial charge on any atom is -0.308 e. The van der Waals surface area contributed by atoms with Crippen LogP contribution >= 0.6 is 22.7 Å². The largest absolute Gasteiger partial charge is 0.308 e. The van der Waals surface area contributed by atoms with Crippen molar-refractivity contribution < 1.29 is 0 Å². The molecule has 0 spiro atoms. The lowest BCUT2D eigenvalue weighted by Gasteiger charge is -2.11. The smallest absolute Gasteiger partial charge is 0.0640 e. The van der Waals surface area contributed by atoms with Crippen LogP contribution in [-0.4, -0.2) is 4.57 Å². The predicted molar refractivity (Wildman–Crippen MR) is 197 cm³/mol. The quantitative estimate of drug-likeness (QED) is 0.188. The molecule has 0 aliphatic rings. The molecule has 0 atom stereocenters. The van der Waals surface area contributed by atoms with Crippen molar-refractivity contribution in [3.05, 3.63) is 152 Å². The molecule has 3 aromatic heterocycles. The van der Waals surface area contributed by atoms with Crippen molar-refractivity contribution in [3.63, 3.8) is 0 Å². The summed E-state index contributed by atoms with van der Waals surface area (Å²) in [7, 11) is 0. The Morgan fingerprint density at radius 1 is 0.356 bits per heavy atom. The van der Waals surface area contributed by atoms with Gasteiger partial charge in [-0.1, -0.05) is 121 Å². The molecular formula is C42H25NS2. The molecule has 0 saturated heterocycles. The maximum absolute atomic E-state index is 2.52. The van der Waals surface area contributed by atoms with Crippen LogP contribution in [0.3, 0.4) is 0 Å². The molecular weight excluding hydrogens is 583 g/mol. The Labute approximate surface area is 267 Å². The van der Waals surface area contributed by atoms with Gasteiger partial charge in [0.25, 0.3) is 0 Å². The minimum absolute atomic E-state index is 1.22. The van der Waals surface area contributed by atoms with Gasteiger partial charge in [0, 0.05) is 46.4 Å². The number of hydrogen-bond donors (Lipinski definition) is 0. The highest BCUT2D eigenvalue weighted by Gasteiger charge is 2.20. The first-order valence-corrected chi connectivity index (χ1v) is 16.9. The third-order valence-corrected chi connectivity index (χ3v) is 11.6. The van der Waals surface area contributed by atoms with Crippen LogP contribution in [0.2, 0.25) is 0 Å². The zero-order chi connectivity index (χ0) is 29.5. The molecule has 0 fully saturated rings. The predicted octanol–water partition coefficient (Wildman–Crippen LogP) is 12.9. The first-order valence-electron chi connectivity index (χ1n) is 15.3. The zero-order valence-corrected chi connectivity index (χ0v) is 25.8. The highest BCUT2D eigenvalue weighted by atomic mass is 32.1. The van der Waals surface area contributed by atoms with Crippen molar-refractivity contribution >= 4 is 84.8 Å². The summed E-state index contributed by atoms with van der Waals surface area (Å²) in [4.78, 5) is 0. The van der Waals surface area contributed by atoms with Gasteiger partial charge in [-0.05, 0) is 52.6 Å². The minimum atomic E-state index is 1.22. The second-order valence-electron chi connectivity index (χ2n) is 11.7. The molecule has 7 aromatic carbocycles. The van der Waals surface area contributed by atoms with Gasteiger partial charge in [0.05, 0.1) is 21.4 Å². The van der Waals surface area contributed by atoms with Crippen molar-refractivity contribution in [1.29, 1.82) is 0 Å². The Kier molecular flexibility index (Phi) is 5.39. The van der Waals surface area contributed by atoms with Crippen molar-refractivity contribution in [2.45, 2.75) is 0 Å². The van der Waals surface area contributed by atoms with Crippen molar-refractivity contribution in [3.8, 4) is 27.9 Å². The van der Waals surface area contributed by atoms with E-state index in [1.807, 2.05) is 22.7 Å². The number of benzene rings is 7. The van der Waals surface area contributed by atoms with Crippen molar-refractivity contribution in [2.24, 2.45) is 0 Å². The molecule has 0 aliphatic carbocycles. The van der Waals surface area contributed by atoms with Crippen LogP contribution in [0.4, 0.5) is 0 Å². The molecule has 0 amide bonds. The van der Waals surface area contributed by atoms with Crippen molar-refractivity contribution in [2.75, 3.05) is 0 Å². The van der Waals surface area contributed by atoms with E-state index < -0.39 is 0 Å². The van der Waals surface area contributed by atoms with E-state index in [1.54, 1.807) is 0 Å². The number of thiophene rings is 2. The van der Waals surface area contributed by atoms with Gasteiger partial charge in [0.1, 0.15) is 0 Å². The lowest BCUT2D eigenvalue weighted by molar-refractivity contribution is 1.20. The van der Waals surface area contributed by atoms with Crippen LogP contribution in [-0.2, 0) is 0 Å². The van der Waals surface area contributed by atoms with Gasteiger partial charge in [-0.25, -0.2) is 0 Å². The lowest BCUT2D eigenvalue weighted by atomic mass is 9.99. The van der Waals surface area contributed by atoms with E-state index >= 15 is 0 Å². The first kappa shape index (κ1) is 25.1. The molecule has 0 saturated carbocycles. The summed E-state index contributed by atoms with van der Waals surface area (Å²) in [5.41, 5.74) is 8.66. The second-order valence-corrected chi connectivity index (χ2v) is 13.8. The molecule has 3 heteroatoms. The van der Waals surface area contributed by atoms with Crippen LogP contribution in [0.5, 0.6) is 0 Å². The van der Waals surface area contributed by atoms with E-state index in [9.17, 15) is 0 Å². The molecule has 10 rings (SSSR count). The van der Waals surface area contributed by atoms with E-state index in [2.05, 4.69) is 156 Å². The molecule has 210 valence electrons. The Balaban J connectivity index is 1.28. The zero-order valence-electron chi connectivity index (χ0n) is 24.2. The van der Waals surface area contributed by atoms with Gasteiger partial charge in [0.2, 0.25) is 0 Å². The molecule has 0 bridgehead atoms. The molecule has 0 aliphatic heterocycles. The average Bonchev–Trinajstić information content (AvgIpc) is 3.78. The standard InChI is InChI=1S/C42H25NS2/c1-2-9-26(10-3-1)27-17-19-28(20-18-27)29-21-22-34-37(25-29)43(36-14-8-13-32-30-11-4-6-15-38(30)44-41(32)36)35-24-23-33-31-12-5-7-16-39(31)45-42(33)40(34)35/h1-25H. The summed E-state index contributed by atoms with van der Waals surface area (Å²) < 4.78 is 7.87. The number of aromatic nitrogens is 1. The summed E-state index contributed by atoms with van der Waals surface area (Å²) >= 11 is 3.80. The lowest BCUT2D eigenvalue weighted by Crippen LogP contribution is -1.94. The fraction of sp³-hybridized carbons (Fsp3) is 0. The van der Waals surface area contributed by atoms with E-state index in [4.69, 9.17) is 0 Å². The van der Waals surface area contributed by atoms with Gasteiger partial charge in [0.15, 0.2) is 0 Å². The number of nitrogens with zero attached hydrogens (tertiary/aromatic N) is 1. The molecule has 0 N–H and O–H groups in total. The van der Waals surface area contributed by atoms with Crippen LogP contribution in [0.25, 0.3) is 90.1 Å². The summed E-state index contributed by atoms with van der Waals surface area (Å²) in [5, 5.41) is 7.95. The SMILES string of the molecule is c1ccc(-c2ccc(-c3ccc4c5c6sc7ccccc7c6ccc5n(-c5cccc6c5sc5ccccc56)c4c3)cc2)cc1. The maximum Gasteiger partial charge on any atom is 0.0640 e. The van der Waals surface area contributed by atoms with E-state index in [1.165, 1.54) is 90.1 Å². The van der Waals surface area contributed by atoms with E-state index in [0.29, 0.717) is 0 Å². The number of hydrogen-bond acceptors (Lipinski definition) is 2. The van der Waals surface area contributed by atoms with Gasteiger partial charge in [-0.3, -0.25) is 0 Å². The van der Waals surface area contributed by atoms with Crippen LogP contribution in [0.15, 0.2) is 152 Å². The summed E-state index contributed by atoms with van der Waals surface area (Å²) in [6, 6.07) is 55.7. The third-order valence-electron chi connectivity index (χ3n) is 9.22. The molecule has 0 radical (unpaired) electrons. The second kappa shape index (κ2) is 9.64. The fourth-order valence-corrected chi connectivity index (χ4v) is 9.58. The highest BCUT2D eigenvalue weighted by molar-refractivity contribution is 7.27. The third kappa shape index (κ3) is 3.72. The maximum atomic E-state index is 2.52. The van der Waals surface area contributed by atoms with Crippen molar-refractivity contribution in [1.82, 2.24) is 4.57 Å². The Hall–Kier alpha value is -5.22. The van der Waals surface area contributed by atoms with Gasteiger partial charge >= 0.3 is 0 Å². The summed E-state index contributed by atoms with van der Waals surface area (Å²) in [6.07, 6.45) is 0. The monoisotopic (exact) mass is 607 g/mol. The Morgan fingerprint density at radius 2 is 0.911 bits per heavy atom. The topological polar surface area (TPSA) is 4.93 Å². The molecule has 3 heterocycles. The van der Waals surface area contributed by atoms with Gasteiger partial charge in [-0.15, -0.1) is 22.7 Å². The van der Waals surface area contributed by atoms with E-state index in [-0.39, 0.29) is 0 Å². The van der Waals surface area contributed by atoms with Crippen LogP contribution in [0.1, 0.15) is 0 Å². The molecule has 0 unspecified atom stereocenters.